The molecule has 2 aromatic heterocycles. The maximum Gasteiger partial charge on any atom is 0.262 e. The molecule has 2 heterocycles. The predicted molar refractivity (Wildman–Crippen MR) is 100 cm³/mol. The molecule has 26 heavy (non-hydrogen) atoms. The van der Waals surface area contributed by atoms with Crippen molar-refractivity contribution < 1.29 is 14.1 Å². The molecule has 0 spiro atoms. The average Bonchev–Trinajstić information content (AvgIpc) is 3.26. The van der Waals surface area contributed by atoms with Gasteiger partial charge in [0, 0.05) is 17.3 Å². The van der Waals surface area contributed by atoms with E-state index in [1.807, 2.05) is 48.5 Å². The van der Waals surface area contributed by atoms with E-state index in [1.54, 1.807) is 24.3 Å². The number of aryl methyl sites for hydroxylation is 1. The van der Waals surface area contributed by atoms with Crippen LogP contribution in [0.1, 0.15) is 5.76 Å². The van der Waals surface area contributed by atoms with Gasteiger partial charge in [-0.05, 0) is 36.3 Å². The first-order valence-corrected chi connectivity index (χ1v) is 8.81. The Morgan fingerprint density at radius 3 is 2.88 bits per heavy atom. The smallest absolute Gasteiger partial charge is 0.262 e. The number of thiazole rings is 1. The zero-order valence-corrected chi connectivity index (χ0v) is 14.7. The number of ether oxygens (including phenoxy) is 1. The van der Waals surface area contributed by atoms with Crippen molar-refractivity contribution in [1.29, 1.82) is 0 Å². The molecule has 0 atom stereocenters. The van der Waals surface area contributed by atoms with Gasteiger partial charge in [-0.3, -0.25) is 4.79 Å². The van der Waals surface area contributed by atoms with Crippen molar-refractivity contribution in [3.8, 4) is 16.5 Å². The van der Waals surface area contributed by atoms with Gasteiger partial charge in [0.05, 0.1) is 10.2 Å². The molecule has 0 aliphatic carbocycles. The van der Waals surface area contributed by atoms with Gasteiger partial charge in [0.25, 0.3) is 11.8 Å². The lowest BCUT2D eigenvalue weighted by atomic mass is 10.2. The summed E-state index contributed by atoms with van der Waals surface area (Å²) in [6.07, 6.45) is 0. The normalized spacial score (nSPS) is 10.8. The highest BCUT2D eigenvalue weighted by molar-refractivity contribution is 7.21. The Hall–Kier alpha value is -3.19. The summed E-state index contributed by atoms with van der Waals surface area (Å²) in [5.74, 6) is 0.650. The summed E-state index contributed by atoms with van der Waals surface area (Å²) < 4.78 is 11.3. The minimum atomic E-state index is -0.271. The van der Waals surface area contributed by atoms with Gasteiger partial charge in [-0.1, -0.05) is 24.3 Å². The fraction of sp³-hybridized carbons (Fsp3) is 0.105. The Balaban J connectivity index is 1.46. The van der Waals surface area contributed by atoms with E-state index in [1.165, 1.54) is 0 Å². The quantitative estimate of drug-likeness (QED) is 0.571. The minimum absolute atomic E-state index is 0.142. The molecular weight excluding hydrogens is 350 g/mol. The third-order valence-corrected chi connectivity index (χ3v) is 4.73. The summed E-state index contributed by atoms with van der Waals surface area (Å²) in [6, 6.07) is 17.2. The van der Waals surface area contributed by atoms with Crippen LogP contribution >= 0.6 is 11.3 Å². The van der Waals surface area contributed by atoms with E-state index >= 15 is 0 Å². The van der Waals surface area contributed by atoms with Crippen molar-refractivity contribution in [1.82, 2.24) is 10.1 Å². The molecule has 1 amide bonds. The largest absolute Gasteiger partial charge is 0.465 e. The summed E-state index contributed by atoms with van der Waals surface area (Å²) in [7, 11) is 0. The van der Waals surface area contributed by atoms with Gasteiger partial charge < -0.3 is 14.6 Å². The predicted octanol–water partition coefficient (Wildman–Crippen LogP) is 4.28. The number of hydrogen-bond acceptors (Lipinski definition) is 6. The molecule has 130 valence electrons. The lowest BCUT2D eigenvalue weighted by Crippen LogP contribution is -2.20. The van der Waals surface area contributed by atoms with Crippen molar-refractivity contribution in [3.05, 3.63) is 60.4 Å². The van der Waals surface area contributed by atoms with E-state index in [9.17, 15) is 4.79 Å². The first kappa shape index (κ1) is 16.3. The molecule has 4 rings (SSSR count). The average molecular weight is 365 g/mol. The number of anilines is 1. The fourth-order valence-corrected chi connectivity index (χ4v) is 3.44. The van der Waals surface area contributed by atoms with Crippen LogP contribution in [-0.4, -0.2) is 22.7 Å². The van der Waals surface area contributed by atoms with E-state index in [0.717, 1.165) is 20.8 Å². The van der Waals surface area contributed by atoms with Crippen molar-refractivity contribution in [2.45, 2.75) is 6.92 Å². The number of nitrogens with zero attached hydrogens (tertiary/aromatic N) is 2. The van der Waals surface area contributed by atoms with Gasteiger partial charge in [-0.2, -0.15) is 0 Å². The summed E-state index contributed by atoms with van der Waals surface area (Å²) in [5, 5.41) is 7.42. The summed E-state index contributed by atoms with van der Waals surface area (Å²) in [4.78, 5) is 16.7. The Morgan fingerprint density at radius 2 is 2.08 bits per heavy atom. The second-order valence-corrected chi connectivity index (χ2v) is 6.71. The number of para-hydroxylation sites is 1. The molecule has 0 saturated heterocycles. The Kier molecular flexibility index (Phi) is 4.37. The Bertz CT molecular complexity index is 1040. The Morgan fingerprint density at radius 1 is 1.19 bits per heavy atom. The molecule has 0 aliphatic heterocycles. The summed E-state index contributed by atoms with van der Waals surface area (Å²) in [6.45, 7) is 1.62. The van der Waals surface area contributed by atoms with Gasteiger partial charge >= 0.3 is 0 Å². The van der Waals surface area contributed by atoms with Gasteiger partial charge in [0.15, 0.2) is 6.61 Å². The van der Waals surface area contributed by atoms with Crippen LogP contribution in [0.5, 0.6) is 5.88 Å². The summed E-state index contributed by atoms with van der Waals surface area (Å²) >= 11 is 1.62. The van der Waals surface area contributed by atoms with Crippen LogP contribution in [-0.2, 0) is 4.79 Å². The first-order chi connectivity index (χ1) is 12.7. The van der Waals surface area contributed by atoms with E-state index in [-0.39, 0.29) is 12.5 Å². The second kappa shape index (κ2) is 6.97. The van der Waals surface area contributed by atoms with Crippen LogP contribution < -0.4 is 10.1 Å². The fourth-order valence-electron chi connectivity index (χ4n) is 2.47. The van der Waals surface area contributed by atoms with E-state index < -0.39 is 0 Å². The molecule has 0 saturated carbocycles. The molecule has 1 N–H and O–H groups in total. The number of amides is 1. The van der Waals surface area contributed by atoms with E-state index in [0.29, 0.717) is 17.3 Å². The molecule has 0 unspecified atom stereocenters. The molecule has 0 radical (unpaired) electrons. The maximum atomic E-state index is 12.1. The number of hydrogen-bond donors (Lipinski definition) is 1. The van der Waals surface area contributed by atoms with Crippen LogP contribution in [0.2, 0.25) is 0 Å². The van der Waals surface area contributed by atoms with Crippen molar-refractivity contribution in [3.63, 3.8) is 0 Å². The molecule has 4 aromatic rings. The lowest BCUT2D eigenvalue weighted by molar-refractivity contribution is -0.118. The zero-order valence-electron chi connectivity index (χ0n) is 13.9. The number of fused-ring (bicyclic) bond motifs is 1. The topological polar surface area (TPSA) is 77.2 Å². The van der Waals surface area contributed by atoms with E-state index in [2.05, 4.69) is 15.5 Å². The van der Waals surface area contributed by atoms with Crippen LogP contribution in [0.4, 0.5) is 5.69 Å². The third-order valence-electron chi connectivity index (χ3n) is 3.64. The number of carbonyl (C=O) groups is 1. The Labute approximate surface area is 153 Å². The zero-order chi connectivity index (χ0) is 17.9. The molecular formula is C19H15N3O3S. The molecule has 7 heteroatoms. The minimum Gasteiger partial charge on any atom is -0.465 e. The number of carbonyl (C=O) groups excluding carboxylic acids is 1. The number of benzene rings is 2. The van der Waals surface area contributed by atoms with Gasteiger partial charge in [0.2, 0.25) is 0 Å². The van der Waals surface area contributed by atoms with Crippen LogP contribution in [0.15, 0.2) is 59.1 Å². The second-order valence-electron chi connectivity index (χ2n) is 5.68. The third kappa shape index (κ3) is 3.57. The first-order valence-electron chi connectivity index (χ1n) is 7.99. The van der Waals surface area contributed by atoms with E-state index in [4.69, 9.17) is 9.26 Å². The lowest BCUT2D eigenvalue weighted by Gasteiger charge is -2.06. The molecule has 0 bridgehead atoms. The van der Waals surface area contributed by atoms with Crippen LogP contribution in [0.25, 0.3) is 20.8 Å². The number of nitrogens with one attached hydrogen (secondary N) is 1. The van der Waals surface area contributed by atoms with Crippen molar-refractivity contribution in [2.24, 2.45) is 0 Å². The highest BCUT2D eigenvalue weighted by Gasteiger charge is 2.09. The number of rotatable bonds is 5. The van der Waals surface area contributed by atoms with Gasteiger partial charge in [-0.15, -0.1) is 11.3 Å². The molecule has 6 nitrogen and oxygen atoms in total. The van der Waals surface area contributed by atoms with Crippen LogP contribution in [0.3, 0.4) is 0 Å². The molecule has 0 fully saturated rings. The van der Waals surface area contributed by atoms with Crippen molar-refractivity contribution >= 4 is 33.1 Å². The van der Waals surface area contributed by atoms with Crippen LogP contribution in [0, 0.1) is 6.92 Å². The standard InChI is InChI=1S/C19H15N3O3S/c1-12-9-18(22-25-12)24-11-17(23)20-14-6-4-5-13(10-14)19-21-15-7-2-3-8-16(15)26-19/h2-10H,11H2,1H3,(H,20,23). The van der Waals surface area contributed by atoms with Gasteiger partial charge in [-0.25, -0.2) is 4.98 Å². The molecule has 0 aliphatic rings. The van der Waals surface area contributed by atoms with Crippen molar-refractivity contribution in [2.75, 3.05) is 11.9 Å². The summed E-state index contributed by atoms with van der Waals surface area (Å²) in [5.41, 5.74) is 2.61. The highest BCUT2D eigenvalue weighted by Crippen LogP contribution is 2.31. The SMILES string of the molecule is Cc1cc(OCC(=O)Nc2cccc(-c3nc4ccccc4s3)c2)no1. The molecule has 2 aromatic carbocycles. The maximum absolute atomic E-state index is 12.1. The van der Waals surface area contributed by atoms with Gasteiger partial charge in [0.1, 0.15) is 10.8 Å². The number of aromatic nitrogens is 2. The highest BCUT2D eigenvalue weighted by atomic mass is 32.1. The monoisotopic (exact) mass is 365 g/mol.